The standard InChI is InChI=1S/C8H18N2O/c1-3-11-7-8-6-9-4-5-10(8)2/h8-9H,3-7H2,1-2H3/t8-/m1/s1. The van der Waals surface area contributed by atoms with Crippen molar-refractivity contribution < 1.29 is 4.74 Å². The second-order valence-corrected chi connectivity index (χ2v) is 3.00. The van der Waals surface area contributed by atoms with Gasteiger partial charge in [0.25, 0.3) is 0 Å². The van der Waals surface area contributed by atoms with E-state index in [0.717, 1.165) is 32.8 Å². The normalized spacial score (nSPS) is 27.3. The van der Waals surface area contributed by atoms with Crippen molar-refractivity contribution in [2.75, 3.05) is 39.9 Å². The molecule has 1 aliphatic heterocycles. The maximum atomic E-state index is 5.36. The lowest BCUT2D eigenvalue weighted by atomic mass is 10.2. The molecule has 1 heterocycles. The average molecular weight is 158 g/mol. The molecule has 0 amide bonds. The molecule has 0 saturated carbocycles. The summed E-state index contributed by atoms with van der Waals surface area (Å²) in [7, 11) is 2.16. The molecule has 1 atom stereocenters. The Balaban J connectivity index is 2.18. The van der Waals surface area contributed by atoms with Crippen LogP contribution in [0.3, 0.4) is 0 Å². The van der Waals surface area contributed by atoms with Crippen LogP contribution >= 0.6 is 0 Å². The first-order chi connectivity index (χ1) is 5.34. The van der Waals surface area contributed by atoms with Gasteiger partial charge in [-0.2, -0.15) is 0 Å². The van der Waals surface area contributed by atoms with E-state index in [1.165, 1.54) is 0 Å². The van der Waals surface area contributed by atoms with Gasteiger partial charge in [0.2, 0.25) is 0 Å². The number of hydrogen-bond donors (Lipinski definition) is 1. The second-order valence-electron chi connectivity index (χ2n) is 3.00. The number of likely N-dealkylation sites (N-methyl/N-ethyl adjacent to an activating group) is 1. The smallest absolute Gasteiger partial charge is 0.0633 e. The van der Waals surface area contributed by atoms with Crippen LogP contribution < -0.4 is 5.32 Å². The second kappa shape index (κ2) is 4.70. The molecule has 3 nitrogen and oxygen atoms in total. The summed E-state index contributed by atoms with van der Waals surface area (Å²) in [6.45, 7) is 7.04. The molecule has 1 saturated heterocycles. The Morgan fingerprint density at radius 2 is 2.45 bits per heavy atom. The topological polar surface area (TPSA) is 24.5 Å². The predicted molar refractivity (Wildman–Crippen MR) is 45.8 cm³/mol. The van der Waals surface area contributed by atoms with Gasteiger partial charge in [-0.25, -0.2) is 0 Å². The Bertz CT molecular complexity index is 108. The summed E-state index contributed by atoms with van der Waals surface area (Å²) < 4.78 is 5.36. The highest BCUT2D eigenvalue weighted by atomic mass is 16.5. The van der Waals surface area contributed by atoms with Crippen LogP contribution in [0.5, 0.6) is 0 Å². The molecule has 0 spiro atoms. The Kier molecular flexibility index (Phi) is 3.83. The van der Waals surface area contributed by atoms with Crippen molar-refractivity contribution in [3.63, 3.8) is 0 Å². The van der Waals surface area contributed by atoms with E-state index in [1.54, 1.807) is 0 Å². The summed E-state index contributed by atoms with van der Waals surface area (Å²) in [5, 5.41) is 3.35. The van der Waals surface area contributed by atoms with Crippen molar-refractivity contribution >= 4 is 0 Å². The lowest BCUT2D eigenvalue weighted by Crippen LogP contribution is -2.51. The first kappa shape index (κ1) is 8.97. The molecule has 0 aromatic rings. The van der Waals surface area contributed by atoms with Gasteiger partial charge in [0.1, 0.15) is 0 Å². The Hall–Kier alpha value is -0.120. The van der Waals surface area contributed by atoms with Crippen LogP contribution in [0, 0.1) is 0 Å². The molecule has 1 fully saturated rings. The van der Waals surface area contributed by atoms with Crippen molar-refractivity contribution in [3.8, 4) is 0 Å². The third-order valence-electron chi connectivity index (χ3n) is 2.16. The first-order valence-electron chi connectivity index (χ1n) is 4.33. The summed E-state index contributed by atoms with van der Waals surface area (Å²) in [4.78, 5) is 2.35. The van der Waals surface area contributed by atoms with Gasteiger partial charge in [-0.3, -0.25) is 4.90 Å². The zero-order chi connectivity index (χ0) is 8.10. The third-order valence-corrected chi connectivity index (χ3v) is 2.16. The fraction of sp³-hybridized carbons (Fsp3) is 1.00. The van der Waals surface area contributed by atoms with E-state index in [2.05, 4.69) is 17.3 Å². The van der Waals surface area contributed by atoms with E-state index >= 15 is 0 Å². The molecule has 3 heteroatoms. The molecule has 1 N–H and O–H groups in total. The van der Waals surface area contributed by atoms with Crippen LogP contribution in [0.1, 0.15) is 6.92 Å². The Labute approximate surface area is 68.7 Å². The number of hydrogen-bond acceptors (Lipinski definition) is 3. The molecule has 0 aromatic heterocycles. The number of nitrogens with zero attached hydrogens (tertiary/aromatic N) is 1. The molecule has 66 valence electrons. The summed E-state index contributed by atoms with van der Waals surface area (Å²) in [6, 6.07) is 0.573. The van der Waals surface area contributed by atoms with Crippen molar-refractivity contribution in [3.05, 3.63) is 0 Å². The summed E-state index contributed by atoms with van der Waals surface area (Å²) >= 11 is 0. The lowest BCUT2D eigenvalue weighted by molar-refractivity contribution is 0.0663. The molecule has 0 radical (unpaired) electrons. The molecule has 1 aliphatic rings. The van der Waals surface area contributed by atoms with Gasteiger partial charge >= 0.3 is 0 Å². The SMILES string of the molecule is CCOC[C@H]1CNCCN1C. The molecule has 11 heavy (non-hydrogen) atoms. The molecule has 1 rings (SSSR count). The minimum Gasteiger partial charge on any atom is -0.380 e. The van der Waals surface area contributed by atoms with E-state index < -0.39 is 0 Å². The molecule has 0 bridgehead atoms. The molecule has 0 aliphatic carbocycles. The molecular weight excluding hydrogens is 140 g/mol. The van der Waals surface area contributed by atoms with Crippen LogP contribution in [0.15, 0.2) is 0 Å². The van der Waals surface area contributed by atoms with Crippen molar-refractivity contribution in [1.29, 1.82) is 0 Å². The highest BCUT2D eigenvalue weighted by Crippen LogP contribution is 1.99. The van der Waals surface area contributed by atoms with E-state index in [9.17, 15) is 0 Å². The Morgan fingerprint density at radius 1 is 1.64 bits per heavy atom. The van der Waals surface area contributed by atoms with Gasteiger partial charge in [-0.1, -0.05) is 0 Å². The summed E-state index contributed by atoms with van der Waals surface area (Å²) in [6.07, 6.45) is 0. The van der Waals surface area contributed by atoms with Crippen LogP contribution in [0.2, 0.25) is 0 Å². The van der Waals surface area contributed by atoms with E-state index in [1.807, 2.05) is 6.92 Å². The fourth-order valence-electron chi connectivity index (χ4n) is 1.30. The van der Waals surface area contributed by atoms with E-state index in [4.69, 9.17) is 4.74 Å². The minimum absolute atomic E-state index is 0.573. The van der Waals surface area contributed by atoms with Crippen molar-refractivity contribution in [1.82, 2.24) is 10.2 Å². The van der Waals surface area contributed by atoms with Crippen LogP contribution in [0.25, 0.3) is 0 Å². The largest absolute Gasteiger partial charge is 0.380 e. The van der Waals surface area contributed by atoms with Gasteiger partial charge in [0, 0.05) is 32.3 Å². The van der Waals surface area contributed by atoms with Gasteiger partial charge in [0.05, 0.1) is 6.61 Å². The Morgan fingerprint density at radius 3 is 3.09 bits per heavy atom. The van der Waals surface area contributed by atoms with Crippen molar-refractivity contribution in [2.24, 2.45) is 0 Å². The number of ether oxygens (including phenoxy) is 1. The molecular formula is C8H18N2O. The van der Waals surface area contributed by atoms with Crippen LogP contribution in [-0.2, 0) is 4.74 Å². The summed E-state index contributed by atoms with van der Waals surface area (Å²) in [5.74, 6) is 0. The lowest BCUT2D eigenvalue weighted by Gasteiger charge is -2.32. The van der Waals surface area contributed by atoms with E-state index in [-0.39, 0.29) is 0 Å². The highest BCUT2D eigenvalue weighted by Gasteiger charge is 2.17. The number of piperazine rings is 1. The van der Waals surface area contributed by atoms with E-state index in [0.29, 0.717) is 6.04 Å². The van der Waals surface area contributed by atoms with Crippen LogP contribution in [0.4, 0.5) is 0 Å². The zero-order valence-electron chi connectivity index (χ0n) is 7.47. The minimum atomic E-state index is 0.573. The molecule has 0 aromatic carbocycles. The van der Waals surface area contributed by atoms with Gasteiger partial charge in [0.15, 0.2) is 0 Å². The molecule has 0 unspecified atom stereocenters. The highest BCUT2D eigenvalue weighted by molar-refractivity contribution is 4.76. The van der Waals surface area contributed by atoms with Crippen LogP contribution in [-0.4, -0.2) is 50.8 Å². The van der Waals surface area contributed by atoms with Crippen molar-refractivity contribution in [2.45, 2.75) is 13.0 Å². The third kappa shape index (κ3) is 2.77. The monoisotopic (exact) mass is 158 g/mol. The zero-order valence-corrected chi connectivity index (χ0v) is 7.47. The maximum absolute atomic E-state index is 5.36. The van der Waals surface area contributed by atoms with Gasteiger partial charge in [-0.15, -0.1) is 0 Å². The first-order valence-corrected chi connectivity index (χ1v) is 4.33. The van der Waals surface area contributed by atoms with Gasteiger partial charge in [-0.05, 0) is 14.0 Å². The quantitative estimate of drug-likeness (QED) is 0.622. The maximum Gasteiger partial charge on any atom is 0.0633 e. The number of rotatable bonds is 3. The number of nitrogens with one attached hydrogen (secondary N) is 1. The fourth-order valence-corrected chi connectivity index (χ4v) is 1.30. The summed E-state index contributed by atoms with van der Waals surface area (Å²) in [5.41, 5.74) is 0. The predicted octanol–water partition coefficient (Wildman–Crippen LogP) is -0.0735. The average Bonchev–Trinajstić information content (AvgIpc) is 2.03. The van der Waals surface area contributed by atoms with Gasteiger partial charge < -0.3 is 10.1 Å².